The zero-order chi connectivity index (χ0) is 18.4. The molecule has 0 amide bonds. The Morgan fingerprint density at radius 3 is 1.30 bits per heavy atom. The number of nitrogens with one attached hydrogen (secondary N) is 1. The number of rotatable bonds is 7. The van der Waals surface area contributed by atoms with E-state index < -0.39 is 20.3 Å². The first-order valence-electron chi connectivity index (χ1n) is 9.46. The van der Waals surface area contributed by atoms with Crippen LogP contribution in [0.15, 0.2) is 103 Å². The van der Waals surface area contributed by atoms with E-state index in [0.717, 1.165) is 12.4 Å². The predicted octanol–water partition coefficient (Wildman–Crippen LogP) is 4.79. The minimum atomic E-state index is -2.95. The molecule has 2 nitrogen and oxygen atoms in total. The normalized spacial score (nSPS) is 11.4. The first-order chi connectivity index (χ1) is 13.3. The molecule has 4 rings (SSSR count). The van der Waals surface area contributed by atoms with Gasteiger partial charge in [-0.2, -0.15) is 0 Å². The van der Waals surface area contributed by atoms with Crippen LogP contribution in [-0.4, -0.2) is 10.2 Å². The van der Waals surface area contributed by atoms with Crippen molar-refractivity contribution >= 4 is 3.40 Å². The monoisotopic (exact) mass is 430 g/mol. The fourth-order valence-corrected chi connectivity index (χ4v) is 15.5. The first-order valence-corrected chi connectivity index (χ1v) is 15.9. The van der Waals surface area contributed by atoms with E-state index in [1.165, 1.54) is 20.1 Å². The number of benzene rings is 3. The van der Waals surface area contributed by atoms with Gasteiger partial charge < -0.3 is 0 Å². The SMILES string of the molecule is c1ccc([CH2][Zr]([CH2]c2ccccc2)([CH2]c2ccccc2)[c]2cc[nH]n2)cc1. The molecule has 27 heavy (non-hydrogen) atoms. The molecule has 0 saturated heterocycles. The molecule has 0 aliphatic heterocycles. The van der Waals surface area contributed by atoms with Gasteiger partial charge in [-0.3, -0.25) is 0 Å². The van der Waals surface area contributed by atoms with Crippen molar-refractivity contribution < 1.29 is 20.3 Å². The van der Waals surface area contributed by atoms with E-state index in [-0.39, 0.29) is 0 Å². The van der Waals surface area contributed by atoms with Crippen LogP contribution in [0.3, 0.4) is 0 Å². The summed E-state index contributed by atoms with van der Waals surface area (Å²) in [4.78, 5) is 0. The number of nitrogens with zero attached hydrogens (tertiary/aromatic N) is 1. The predicted molar refractivity (Wildman–Crippen MR) is 109 cm³/mol. The van der Waals surface area contributed by atoms with Crippen LogP contribution in [0.25, 0.3) is 0 Å². The van der Waals surface area contributed by atoms with Gasteiger partial charge in [0.25, 0.3) is 0 Å². The van der Waals surface area contributed by atoms with Crippen molar-refractivity contribution in [2.24, 2.45) is 0 Å². The molecule has 1 heterocycles. The molecule has 0 atom stereocenters. The van der Waals surface area contributed by atoms with Gasteiger partial charge in [0.15, 0.2) is 0 Å². The van der Waals surface area contributed by atoms with Crippen LogP contribution in [-0.2, 0) is 32.7 Å². The Morgan fingerprint density at radius 2 is 0.963 bits per heavy atom. The summed E-state index contributed by atoms with van der Waals surface area (Å²) in [5.74, 6) is 0. The molecule has 3 aromatic carbocycles. The molecule has 134 valence electrons. The second-order valence-corrected chi connectivity index (χ2v) is 17.4. The topological polar surface area (TPSA) is 28.7 Å². The fourth-order valence-electron chi connectivity index (χ4n) is 3.97. The summed E-state index contributed by atoms with van der Waals surface area (Å²) in [6, 6.07) is 35.1. The molecule has 0 aliphatic carbocycles. The molecule has 0 radical (unpaired) electrons. The van der Waals surface area contributed by atoms with E-state index in [4.69, 9.17) is 5.10 Å². The molecule has 0 spiro atoms. The maximum absolute atomic E-state index is 4.75. The molecule has 0 unspecified atom stereocenters. The number of hydrogen-bond donors (Lipinski definition) is 1. The van der Waals surface area contributed by atoms with Crippen LogP contribution >= 0.6 is 0 Å². The Labute approximate surface area is 165 Å². The standard InChI is InChI=1S/3C7H7.C3H3N2.Zr/c3*1-7-5-3-2-4-6-7;1-2-4-5-3-1;/h3*2-6H,1H2;1-2H,(H,4,5);. The number of aromatic amines is 1. The molecule has 1 N–H and O–H groups in total. The zero-order valence-electron chi connectivity index (χ0n) is 15.4. The van der Waals surface area contributed by atoms with Crippen LogP contribution in [0.1, 0.15) is 16.7 Å². The molecule has 0 fully saturated rings. The van der Waals surface area contributed by atoms with Crippen molar-refractivity contribution in [1.29, 1.82) is 0 Å². The molecular formula is C24H24N2Zr. The van der Waals surface area contributed by atoms with Crippen molar-refractivity contribution in [3.63, 3.8) is 0 Å². The second kappa shape index (κ2) is 8.63. The second-order valence-electron chi connectivity index (χ2n) is 7.23. The average Bonchev–Trinajstić information content (AvgIpc) is 3.26. The van der Waals surface area contributed by atoms with Crippen LogP contribution in [0, 0.1) is 0 Å². The summed E-state index contributed by atoms with van der Waals surface area (Å²) < 4.78 is 4.80. The molecule has 0 aliphatic rings. The Kier molecular flexibility index (Phi) is 5.79. The summed E-state index contributed by atoms with van der Waals surface area (Å²) >= 11 is -2.95. The third-order valence-corrected chi connectivity index (χ3v) is 16.6. The fraction of sp³-hybridized carbons (Fsp3) is 0.125. The molecule has 1 aromatic heterocycles. The third kappa shape index (κ3) is 4.54. The summed E-state index contributed by atoms with van der Waals surface area (Å²) in [5.41, 5.74) is 4.30. The molecule has 0 saturated carbocycles. The van der Waals surface area contributed by atoms with Gasteiger partial charge in [0.2, 0.25) is 0 Å². The van der Waals surface area contributed by atoms with Crippen LogP contribution in [0.2, 0.25) is 0 Å². The van der Waals surface area contributed by atoms with Gasteiger partial charge >= 0.3 is 166 Å². The summed E-state index contributed by atoms with van der Waals surface area (Å²) in [5, 5.41) is 7.84. The number of hydrogen-bond acceptors (Lipinski definition) is 1. The Morgan fingerprint density at radius 1 is 0.556 bits per heavy atom. The molecule has 4 aromatic rings. The summed E-state index contributed by atoms with van der Waals surface area (Å²) in [6.45, 7) is 0. The van der Waals surface area contributed by atoms with Crippen molar-refractivity contribution in [2.75, 3.05) is 0 Å². The van der Waals surface area contributed by atoms with E-state index in [1.807, 2.05) is 6.20 Å². The van der Waals surface area contributed by atoms with Crippen LogP contribution in [0.4, 0.5) is 0 Å². The minimum absolute atomic E-state index is 1.16. The van der Waals surface area contributed by atoms with Crippen molar-refractivity contribution in [2.45, 2.75) is 12.4 Å². The molecule has 0 bridgehead atoms. The van der Waals surface area contributed by atoms with Gasteiger partial charge in [-0.1, -0.05) is 0 Å². The summed E-state index contributed by atoms with van der Waals surface area (Å²) in [7, 11) is 0. The average molecular weight is 432 g/mol. The van der Waals surface area contributed by atoms with Crippen molar-refractivity contribution in [3.8, 4) is 0 Å². The number of aromatic nitrogens is 2. The van der Waals surface area contributed by atoms with Gasteiger partial charge in [0.1, 0.15) is 0 Å². The first kappa shape index (κ1) is 18.1. The third-order valence-electron chi connectivity index (χ3n) is 5.20. The Bertz CT molecular complexity index is 834. The van der Waals surface area contributed by atoms with Crippen LogP contribution < -0.4 is 3.40 Å². The Balaban J connectivity index is 1.79. The van der Waals surface area contributed by atoms with E-state index in [1.54, 1.807) is 0 Å². The zero-order valence-corrected chi connectivity index (χ0v) is 17.8. The van der Waals surface area contributed by atoms with E-state index in [2.05, 4.69) is 102 Å². The van der Waals surface area contributed by atoms with E-state index in [0.29, 0.717) is 0 Å². The van der Waals surface area contributed by atoms with Gasteiger partial charge in [-0.05, 0) is 0 Å². The van der Waals surface area contributed by atoms with Crippen LogP contribution in [0.5, 0.6) is 0 Å². The maximum atomic E-state index is 4.75. The van der Waals surface area contributed by atoms with Crippen molar-refractivity contribution in [3.05, 3.63) is 120 Å². The summed E-state index contributed by atoms with van der Waals surface area (Å²) in [6.07, 6.45) is 1.99. The van der Waals surface area contributed by atoms with Gasteiger partial charge in [-0.15, -0.1) is 0 Å². The van der Waals surface area contributed by atoms with E-state index in [9.17, 15) is 0 Å². The Hall–Kier alpha value is -2.25. The molecular weight excluding hydrogens is 408 g/mol. The van der Waals surface area contributed by atoms with Gasteiger partial charge in [0.05, 0.1) is 0 Å². The number of H-pyrrole nitrogens is 1. The van der Waals surface area contributed by atoms with Crippen molar-refractivity contribution in [1.82, 2.24) is 10.2 Å². The van der Waals surface area contributed by atoms with E-state index >= 15 is 0 Å². The van der Waals surface area contributed by atoms with Gasteiger partial charge in [0, 0.05) is 0 Å². The molecule has 3 heteroatoms. The van der Waals surface area contributed by atoms with Gasteiger partial charge in [-0.25, -0.2) is 0 Å². The quantitative estimate of drug-likeness (QED) is 0.448.